The molecule has 0 fully saturated rings. The molecule has 3 nitrogen and oxygen atoms in total. The predicted octanol–water partition coefficient (Wildman–Crippen LogP) is 2.24. The van der Waals surface area contributed by atoms with Crippen LogP contribution >= 0.6 is 0 Å². The number of hydrogen-bond donors (Lipinski definition) is 2. The topological polar surface area (TPSA) is 49.3 Å². The van der Waals surface area contributed by atoms with E-state index < -0.39 is 0 Å². The Hall–Kier alpha value is -1.35. The van der Waals surface area contributed by atoms with E-state index in [1.165, 1.54) is 30.4 Å². The first-order valence-electron chi connectivity index (χ1n) is 7.61. The molecule has 2 N–H and O–H groups in total. The number of aryl methyl sites for hydroxylation is 2. The Morgan fingerprint density at radius 1 is 1.25 bits per heavy atom. The van der Waals surface area contributed by atoms with Gasteiger partial charge >= 0.3 is 0 Å². The average molecular weight is 275 g/mol. The maximum Gasteiger partial charge on any atom is 0.224 e. The molecule has 0 aliphatic heterocycles. The minimum Gasteiger partial charge on any atom is -0.394 e. The molecule has 1 aliphatic carbocycles. The van der Waals surface area contributed by atoms with Crippen LogP contribution in [0.3, 0.4) is 0 Å². The van der Waals surface area contributed by atoms with E-state index in [2.05, 4.69) is 23.5 Å². The van der Waals surface area contributed by atoms with E-state index in [1.54, 1.807) is 0 Å². The zero-order valence-electron chi connectivity index (χ0n) is 12.5. The Morgan fingerprint density at radius 2 is 1.95 bits per heavy atom. The Balaban J connectivity index is 1.97. The lowest BCUT2D eigenvalue weighted by Crippen LogP contribution is -2.41. The van der Waals surface area contributed by atoms with Crippen molar-refractivity contribution in [3.63, 3.8) is 0 Å². The fourth-order valence-electron chi connectivity index (χ4n) is 2.76. The molecule has 1 amide bonds. The van der Waals surface area contributed by atoms with Gasteiger partial charge in [-0.2, -0.15) is 0 Å². The standard InChI is InChI=1S/C17H25NO2/c1-12(2)16(11-19)18-17(20)10-13-7-8-14-5-3-4-6-15(14)9-13/h7-9,12,16,19H,3-6,10-11H2,1-2H3,(H,18,20)/t16-/m1/s1. The summed E-state index contributed by atoms with van der Waals surface area (Å²) in [6.07, 6.45) is 5.23. The number of carbonyl (C=O) groups excluding carboxylic acids is 1. The van der Waals surface area contributed by atoms with Crippen molar-refractivity contribution >= 4 is 5.91 Å². The number of nitrogens with one attached hydrogen (secondary N) is 1. The van der Waals surface area contributed by atoms with Crippen LogP contribution in [0.25, 0.3) is 0 Å². The summed E-state index contributed by atoms with van der Waals surface area (Å²) in [6, 6.07) is 6.26. The minimum absolute atomic E-state index is 0.00601. The van der Waals surface area contributed by atoms with Crippen molar-refractivity contribution in [1.29, 1.82) is 0 Å². The molecule has 3 heteroatoms. The molecule has 0 spiro atoms. The number of carbonyl (C=O) groups is 1. The molecule has 0 bridgehead atoms. The van der Waals surface area contributed by atoms with E-state index in [-0.39, 0.29) is 24.5 Å². The average Bonchev–Trinajstić information content (AvgIpc) is 2.44. The molecule has 0 unspecified atom stereocenters. The van der Waals surface area contributed by atoms with E-state index in [0.29, 0.717) is 6.42 Å². The number of aliphatic hydroxyl groups excluding tert-OH is 1. The second kappa shape index (κ2) is 6.89. The van der Waals surface area contributed by atoms with Crippen molar-refractivity contribution < 1.29 is 9.90 Å². The lowest BCUT2D eigenvalue weighted by atomic mass is 9.90. The fraction of sp³-hybridized carbons (Fsp3) is 0.588. The molecule has 20 heavy (non-hydrogen) atoms. The second-order valence-corrected chi connectivity index (χ2v) is 6.09. The van der Waals surface area contributed by atoms with Crippen LogP contribution in [0.4, 0.5) is 0 Å². The van der Waals surface area contributed by atoms with Gasteiger partial charge in [0.05, 0.1) is 19.1 Å². The largest absolute Gasteiger partial charge is 0.394 e. The van der Waals surface area contributed by atoms with Gasteiger partial charge in [-0.05, 0) is 48.3 Å². The van der Waals surface area contributed by atoms with Crippen LogP contribution in [0.2, 0.25) is 0 Å². The predicted molar refractivity (Wildman–Crippen MR) is 80.6 cm³/mol. The first-order valence-corrected chi connectivity index (χ1v) is 7.61. The summed E-state index contributed by atoms with van der Waals surface area (Å²) in [5, 5.41) is 12.2. The number of benzene rings is 1. The lowest BCUT2D eigenvalue weighted by molar-refractivity contribution is -0.121. The van der Waals surface area contributed by atoms with Gasteiger partial charge in [-0.3, -0.25) is 4.79 Å². The quantitative estimate of drug-likeness (QED) is 0.866. The summed E-state index contributed by atoms with van der Waals surface area (Å²) in [7, 11) is 0. The van der Waals surface area contributed by atoms with E-state index in [1.807, 2.05) is 13.8 Å². The van der Waals surface area contributed by atoms with Gasteiger partial charge in [0.1, 0.15) is 0 Å². The molecule has 2 rings (SSSR count). The Labute approximate surface area is 121 Å². The Kier molecular flexibility index (Phi) is 5.18. The summed E-state index contributed by atoms with van der Waals surface area (Å²) >= 11 is 0. The van der Waals surface area contributed by atoms with Crippen molar-refractivity contribution in [2.45, 2.75) is 52.0 Å². The number of fused-ring (bicyclic) bond motifs is 1. The summed E-state index contributed by atoms with van der Waals surface area (Å²) < 4.78 is 0. The van der Waals surface area contributed by atoms with Crippen LogP contribution in [-0.4, -0.2) is 23.7 Å². The van der Waals surface area contributed by atoms with Crippen LogP contribution in [0.15, 0.2) is 18.2 Å². The first-order chi connectivity index (χ1) is 9.60. The van der Waals surface area contributed by atoms with Crippen molar-refractivity contribution in [2.75, 3.05) is 6.61 Å². The van der Waals surface area contributed by atoms with E-state index in [9.17, 15) is 9.90 Å². The highest BCUT2D eigenvalue weighted by molar-refractivity contribution is 5.79. The number of amides is 1. The van der Waals surface area contributed by atoms with Crippen LogP contribution in [0.5, 0.6) is 0 Å². The lowest BCUT2D eigenvalue weighted by Gasteiger charge is -2.20. The van der Waals surface area contributed by atoms with Crippen molar-refractivity contribution in [3.8, 4) is 0 Å². The molecule has 110 valence electrons. The second-order valence-electron chi connectivity index (χ2n) is 6.09. The summed E-state index contributed by atoms with van der Waals surface area (Å²) in [4.78, 5) is 12.0. The van der Waals surface area contributed by atoms with Crippen LogP contribution in [0, 0.1) is 5.92 Å². The van der Waals surface area contributed by atoms with Crippen LogP contribution in [-0.2, 0) is 24.1 Å². The number of rotatable bonds is 5. The third-order valence-electron chi connectivity index (χ3n) is 4.13. The van der Waals surface area contributed by atoms with Gasteiger partial charge in [-0.1, -0.05) is 32.0 Å². The molecule has 1 aromatic carbocycles. The zero-order valence-corrected chi connectivity index (χ0v) is 12.5. The molecule has 1 aliphatic rings. The first kappa shape index (κ1) is 15.0. The highest BCUT2D eigenvalue weighted by atomic mass is 16.3. The molecular formula is C17H25NO2. The van der Waals surface area contributed by atoms with Gasteiger partial charge < -0.3 is 10.4 Å². The monoisotopic (exact) mass is 275 g/mol. The van der Waals surface area contributed by atoms with Crippen molar-refractivity contribution in [2.24, 2.45) is 5.92 Å². The summed E-state index contributed by atoms with van der Waals surface area (Å²) in [5.41, 5.74) is 3.92. The Bertz CT molecular complexity index is 468. The molecule has 0 aromatic heterocycles. The van der Waals surface area contributed by atoms with Crippen molar-refractivity contribution in [1.82, 2.24) is 5.32 Å². The maximum atomic E-state index is 12.0. The summed E-state index contributed by atoms with van der Waals surface area (Å²) in [5.74, 6) is 0.237. The van der Waals surface area contributed by atoms with Gasteiger partial charge in [0.25, 0.3) is 0 Å². The molecular weight excluding hydrogens is 250 g/mol. The third-order valence-corrected chi connectivity index (χ3v) is 4.13. The highest BCUT2D eigenvalue weighted by Gasteiger charge is 2.16. The van der Waals surface area contributed by atoms with Crippen LogP contribution < -0.4 is 5.32 Å². The van der Waals surface area contributed by atoms with Gasteiger partial charge in [0, 0.05) is 0 Å². The molecule has 0 saturated carbocycles. The van der Waals surface area contributed by atoms with Gasteiger partial charge in [0.2, 0.25) is 5.91 Å². The summed E-state index contributed by atoms with van der Waals surface area (Å²) in [6.45, 7) is 3.99. The Morgan fingerprint density at radius 3 is 2.60 bits per heavy atom. The maximum absolute atomic E-state index is 12.0. The molecule has 0 heterocycles. The SMILES string of the molecule is CC(C)[C@@H](CO)NC(=O)Cc1ccc2c(c1)CCCC2. The van der Waals surface area contributed by atoms with E-state index in [4.69, 9.17) is 0 Å². The molecule has 0 radical (unpaired) electrons. The van der Waals surface area contributed by atoms with E-state index in [0.717, 1.165) is 12.0 Å². The minimum atomic E-state index is -0.153. The third kappa shape index (κ3) is 3.83. The normalized spacial score (nSPS) is 15.8. The molecule has 0 saturated heterocycles. The fourth-order valence-corrected chi connectivity index (χ4v) is 2.76. The molecule has 1 aromatic rings. The smallest absolute Gasteiger partial charge is 0.224 e. The van der Waals surface area contributed by atoms with Crippen LogP contribution in [0.1, 0.15) is 43.4 Å². The number of aliphatic hydroxyl groups is 1. The molecule has 1 atom stereocenters. The van der Waals surface area contributed by atoms with Gasteiger partial charge in [0.15, 0.2) is 0 Å². The van der Waals surface area contributed by atoms with Crippen molar-refractivity contribution in [3.05, 3.63) is 34.9 Å². The zero-order chi connectivity index (χ0) is 14.5. The highest BCUT2D eigenvalue weighted by Crippen LogP contribution is 2.22. The number of hydrogen-bond acceptors (Lipinski definition) is 2. The van der Waals surface area contributed by atoms with Gasteiger partial charge in [-0.25, -0.2) is 0 Å². The van der Waals surface area contributed by atoms with E-state index >= 15 is 0 Å². The van der Waals surface area contributed by atoms with Gasteiger partial charge in [-0.15, -0.1) is 0 Å².